The number of benzene rings is 1. The molecular weight excluding hydrogens is 408 g/mol. The van der Waals surface area contributed by atoms with E-state index in [1.54, 1.807) is 7.85 Å². The Balaban J connectivity index is 1.96. The summed E-state index contributed by atoms with van der Waals surface area (Å²) >= 11 is 0. The van der Waals surface area contributed by atoms with Crippen molar-refractivity contribution in [3.8, 4) is 0 Å². The van der Waals surface area contributed by atoms with Crippen molar-refractivity contribution in [2.24, 2.45) is 10.4 Å². The van der Waals surface area contributed by atoms with Crippen molar-refractivity contribution in [2.75, 3.05) is 43.2 Å². The third kappa shape index (κ3) is 6.88. The van der Waals surface area contributed by atoms with Crippen LogP contribution >= 0.6 is 0 Å². The third-order valence-electron chi connectivity index (χ3n) is 3.62. The Kier molecular flexibility index (Phi) is 8.17. The first kappa shape index (κ1) is 22.4. The van der Waals surface area contributed by atoms with Gasteiger partial charge in [-0.3, -0.25) is 0 Å². The molecule has 12 nitrogen and oxygen atoms in total. The van der Waals surface area contributed by atoms with E-state index in [9.17, 15) is 17.7 Å². The van der Waals surface area contributed by atoms with E-state index in [0.29, 0.717) is 11.2 Å². The maximum absolute atomic E-state index is 13.4. The molecule has 0 aliphatic heterocycles. The van der Waals surface area contributed by atoms with Gasteiger partial charge in [0.1, 0.15) is 13.7 Å². The highest BCUT2D eigenvalue weighted by molar-refractivity contribution is 7.89. The second-order valence-corrected chi connectivity index (χ2v) is 7.69. The molecule has 2 rings (SSSR count). The van der Waals surface area contributed by atoms with Gasteiger partial charge < -0.3 is 15.4 Å². The van der Waals surface area contributed by atoms with Crippen molar-refractivity contribution >= 4 is 40.7 Å². The number of nitrogens with one attached hydrogen (secondary N) is 3. The highest BCUT2D eigenvalue weighted by atomic mass is 32.2. The lowest BCUT2D eigenvalue weighted by Crippen LogP contribution is -2.25. The third-order valence-corrected chi connectivity index (χ3v) is 4.95. The molecule has 2 aromatic rings. The summed E-state index contributed by atoms with van der Waals surface area (Å²) in [4.78, 5) is 10.7. The van der Waals surface area contributed by atoms with Crippen LogP contribution in [0.2, 0.25) is 0 Å². The number of amidine groups is 1. The second kappa shape index (κ2) is 10.6. The predicted octanol–water partition coefficient (Wildman–Crippen LogP) is -1.02. The Morgan fingerprint density at radius 1 is 1.34 bits per heavy atom. The molecular formula is C14H19BFN7O5S. The van der Waals surface area contributed by atoms with Crippen molar-refractivity contribution in [1.82, 2.24) is 15.0 Å². The SMILES string of the molecule is Bc1cc(N/C(=N\N=O)c2nonc2NCCOCCS(=O)(=O)NC)ccc1F. The average Bonchev–Trinajstić information content (AvgIpc) is 3.15. The minimum Gasteiger partial charge on any atom is -0.379 e. The van der Waals surface area contributed by atoms with Crippen LogP contribution in [0.5, 0.6) is 0 Å². The number of hydrogen-bond acceptors (Lipinski definition) is 9. The summed E-state index contributed by atoms with van der Waals surface area (Å²) in [6.45, 7) is 0.439. The van der Waals surface area contributed by atoms with E-state index in [0.717, 1.165) is 0 Å². The van der Waals surface area contributed by atoms with Crippen LogP contribution in [-0.2, 0) is 14.8 Å². The molecule has 0 fully saturated rings. The number of hydrogen-bond donors (Lipinski definition) is 3. The van der Waals surface area contributed by atoms with Crippen LogP contribution in [0.3, 0.4) is 0 Å². The molecule has 3 N–H and O–H groups in total. The molecule has 1 heterocycles. The van der Waals surface area contributed by atoms with E-state index in [1.807, 2.05) is 0 Å². The van der Waals surface area contributed by atoms with Gasteiger partial charge >= 0.3 is 0 Å². The standard InChI is InChI=1S/C14H19BFN7O5S/c1-17-29(25,26)7-6-27-5-4-18-13-12(21-28-22-13)14(20-23-24)19-9-2-3-11(16)10(15)8-9/h2-3,8,17H,4-7,15H2,1H3,(H,18,22)(H,19,20,24). The quantitative estimate of drug-likeness (QED) is 0.102. The number of aromatic nitrogens is 2. The van der Waals surface area contributed by atoms with Crippen LogP contribution in [0.15, 0.2) is 33.2 Å². The van der Waals surface area contributed by atoms with Crippen molar-refractivity contribution < 1.29 is 22.2 Å². The van der Waals surface area contributed by atoms with Crippen molar-refractivity contribution in [2.45, 2.75) is 0 Å². The highest BCUT2D eigenvalue weighted by Gasteiger charge is 2.18. The predicted molar refractivity (Wildman–Crippen MR) is 107 cm³/mol. The van der Waals surface area contributed by atoms with Gasteiger partial charge in [0, 0.05) is 12.2 Å². The molecule has 0 bridgehead atoms. The lowest BCUT2D eigenvalue weighted by molar-refractivity contribution is 0.159. The smallest absolute Gasteiger partial charge is 0.213 e. The molecule has 15 heteroatoms. The maximum atomic E-state index is 13.4. The fraction of sp³-hybridized carbons (Fsp3) is 0.357. The number of sulfonamides is 1. The first-order chi connectivity index (χ1) is 13.9. The summed E-state index contributed by atoms with van der Waals surface area (Å²) in [5.74, 6) is -0.445. The number of ether oxygens (including phenoxy) is 1. The van der Waals surface area contributed by atoms with Crippen LogP contribution in [-0.4, -0.2) is 65.0 Å². The van der Waals surface area contributed by atoms with E-state index >= 15 is 0 Å². The molecule has 29 heavy (non-hydrogen) atoms. The Morgan fingerprint density at radius 2 is 2.14 bits per heavy atom. The van der Waals surface area contributed by atoms with Gasteiger partial charge in [-0.25, -0.2) is 22.2 Å². The van der Waals surface area contributed by atoms with Gasteiger partial charge in [-0.05, 0) is 35.6 Å². The van der Waals surface area contributed by atoms with Crippen LogP contribution in [0.4, 0.5) is 15.9 Å². The Labute approximate surface area is 166 Å². The van der Waals surface area contributed by atoms with E-state index in [-0.39, 0.29) is 48.7 Å². The van der Waals surface area contributed by atoms with E-state index in [1.165, 1.54) is 25.2 Å². The second-order valence-electron chi connectivity index (χ2n) is 5.64. The molecule has 0 amide bonds. The number of nitroso groups, excluding NO2 is 1. The van der Waals surface area contributed by atoms with Gasteiger partial charge in [-0.15, -0.1) is 4.91 Å². The van der Waals surface area contributed by atoms with Crippen molar-refractivity contribution in [3.05, 3.63) is 34.6 Å². The van der Waals surface area contributed by atoms with E-state index < -0.39 is 10.0 Å². The maximum Gasteiger partial charge on any atom is 0.213 e. The lowest BCUT2D eigenvalue weighted by Gasteiger charge is -2.09. The number of halogens is 1. The van der Waals surface area contributed by atoms with E-state index in [2.05, 4.69) is 40.7 Å². The molecule has 1 aromatic carbocycles. The van der Waals surface area contributed by atoms with Gasteiger partial charge in [0.05, 0.1) is 24.3 Å². The molecule has 156 valence electrons. The zero-order valence-electron chi connectivity index (χ0n) is 15.7. The first-order valence-electron chi connectivity index (χ1n) is 8.35. The first-order valence-corrected chi connectivity index (χ1v) is 10.0. The fourth-order valence-corrected chi connectivity index (χ4v) is 2.65. The summed E-state index contributed by atoms with van der Waals surface area (Å²) in [6, 6.07) is 4.23. The topological polar surface area (TPSA) is 160 Å². The van der Waals surface area contributed by atoms with Crippen LogP contribution < -0.4 is 20.8 Å². The summed E-state index contributed by atoms with van der Waals surface area (Å²) in [5, 5.41) is 19.0. The van der Waals surface area contributed by atoms with Gasteiger partial charge in [0.15, 0.2) is 11.5 Å². The number of anilines is 2. The van der Waals surface area contributed by atoms with Crippen LogP contribution in [0.25, 0.3) is 0 Å². The molecule has 1 aromatic heterocycles. The fourth-order valence-electron chi connectivity index (χ4n) is 2.11. The normalized spacial score (nSPS) is 12.0. The minimum atomic E-state index is -3.33. The molecule has 0 spiro atoms. The summed E-state index contributed by atoms with van der Waals surface area (Å²) in [6.07, 6.45) is 0. The molecule has 0 aliphatic rings. The molecule has 0 radical (unpaired) electrons. The van der Waals surface area contributed by atoms with Gasteiger partial charge in [-0.1, -0.05) is 10.6 Å². The summed E-state index contributed by atoms with van der Waals surface area (Å²) in [7, 11) is -0.421. The lowest BCUT2D eigenvalue weighted by atomic mass is 9.95. The molecule has 0 unspecified atom stereocenters. The van der Waals surface area contributed by atoms with Gasteiger partial charge in [0.2, 0.25) is 15.8 Å². The zero-order chi connectivity index (χ0) is 21.3. The van der Waals surface area contributed by atoms with Gasteiger partial charge in [-0.2, -0.15) is 0 Å². The largest absolute Gasteiger partial charge is 0.379 e. The van der Waals surface area contributed by atoms with Crippen molar-refractivity contribution in [1.29, 1.82) is 0 Å². The molecule has 0 saturated heterocycles. The minimum absolute atomic E-state index is 0.0159. The Morgan fingerprint density at radius 3 is 2.83 bits per heavy atom. The molecule has 0 saturated carbocycles. The zero-order valence-corrected chi connectivity index (χ0v) is 16.5. The van der Waals surface area contributed by atoms with Gasteiger partial charge in [0.25, 0.3) is 0 Å². The van der Waals surface area contributed by atoms with Crippen LogP contribution in [0, 0.1) is 10.7 Å². The highest BCUT2D eigenvalue weighted by Crippen LogP contribution is 2.14. The Bertz CT molecular complexity index is 969. The number of nitrogens with zero attached hydrogens (tertiary/aromatic N) is 4. The molecule has 0 aliphatic carbocycles. The van der Waals surface area contributed by atoms with E-state index in [4.69, 9.17) is 4.74 Å². The summed E-state index contributed by atoms with van der Waals surface area (Å²) in [5.41, 5.74) is 0.918. The monoisotopic (exact) mass is 427 g/mol. The van der Waals surface area contributed by atoms with Crippen molar-refractivity contribution in [3.63, 3.8) is 0 Å². The number of rotatable bonds is 11. The summed E-state index contributed by atoms with van der Waals surface area (Å²) < 4.78 is 48.1. The molecule has 0 atom stereocenters. The average molecular weight is 427 g/mol. The Hall–Kier alpha value is -2.91. The van der Waals surface area contributed by atoms with Crippen LogP contribution in [0.1, 0.15) is 5.69 Å².